The third-order valence-electron chi connectivity index (χ3n) is 4.81. The second kappa shape index (κ2) is 3.73. The predicted molar refractivity (Wildman–Crippen MR) is 77.6 cm³/mol. The van der Waals surface area contributed by atoms with Crippen molar-refractivity contribution in [1.29, 1.82) is 0 Å². The smallest absolute Gasteiger partial charge is 0.134 e. The maximum absolute atomic E-state index is 11.3. The van der Waals surface area contributed by atoms with Gasteiger partial charge in [-0.05, 0) is 36.6 Å². The molecule has 4 nitrogen and oxygen atoms in total. The molecule has 0 saturated carbocycles. The topological polar surface area (TPSA) is 64.9 Å². The fourth-order valence-electron chi connectivity index (χ4n) is 3.85. The molecule has 2 aliphatic heterocycles. The first-order chi connectivity index (χ1) is 9.67. The summed E-state index contributed by atoms with van der Waals surface area (Å²) < 4.78 is 0. The number of piperidine rings is 1. The lowest BCUT2D eigenvalue weighted by Crippen LogP contribution is -2.61. The Balaban J connectivity index is 2.10. The first-order valence-corrected chi connectivity index (χ1v) is 6.88. The van der Waals surface area contributed by atoms with Gasteiger partial charge in [0.15, 0.2) is 0 Å². The number of phenolic OH excluding ortho intramolecular Hbond substituents is 1. The van der Waals surface area contributed by atoms with Crippen molar-refractivity contribution < 1.29 is 10.2 Å². The van der Waals surface area contributed by atoms with Gasteiger partial charge in [-0.25, -0.2) is 0 Å². The third kappa shape index (κ3) is 1.22. The number of fused-ring (bicyclic) bond motifs is 1. The second-order valence-electron chi connectivity index (χ2n) is 5.68. The molecule has 3 aliphatic rings. The molecule has 0 radical (unpaired) electrons. The van der Waals surface area contributed by atoms with E-state index in [4.69, 9.17) is 0 Å². The summed E-state index contributed by atoms with van der Waals surface area (Å²) in [5, 5.41) is 25.0. The Morgan fingerprint density at radius 2 is 2.20 bits per heavy atom. The number of nitrogens with one attached hydrogen (secondary N) is 1. The van der Waals surface area contributed by atoms with E-state index in [-0.39, 0.29) is 5.75 Å². The van der Waals surface area contributed by atoms with Gasteiger partial charge in [0, 0.05) is 35.6 Å². The highest BCUT2D eigenvalue weighted by Crippen LogP contribution is 2.55. The number of aliphatic hydroxyl groups is 1. The summed E-state index contributed by atoms with van der Waals surface area (Å²) in [5.74, 6) is 0.252. The van der Waals surface area contributed by atoms with E-state index in [1.54, 1.807) is 18.3 Å². The van der Waals surface area contributed by atoms with Crippen LogP contribution in [0.4, 0.5) is 0 Å². The van der Waals surface area contributed by atoms with Crippen LogP contribution in [0.5, 0.6) is 5.75 Å². The number of hydrogen-bond donors (Lipinski definition) is 3. The molecule has 2 unspecified atom stereocenters. The van der Waals surface area contributed by atoms with Crippen molar-refractivity contribution in [3.63, 3.8) is 0 Å². The van der Waals surface area contributed by atoms with E-state index in [1.165, 1.54) is 0 Å². The Morgan fingerprint density at radius 3 is 3.10 bits per heavy atom. The standard InChI is InChI=1S/C16H16N2O2/c19-12-3-1-2-11-10-13-16(20)6-8-17-7-4-15(16,14(11)12)5-9-18-13/h1-3,6-8,10,18-20H,4-5,9H2. The van der Waals surface area contributed by atoms with Crippen LogP contribution in [-0.4, -0.2) is 28.6 Å². The predicted octanol–water partition coefficient (Wildman–Crippen LogP) is 1.70. The second-order valence-corrected chi connectivity index (χ2v) is 5.68. The molecule has 0 aromatic heterocycles. The van der Waals surface area contributed by atoms with Gasteiger partial charge in [-0.2, -0.15) is 0 Å². The minimum absolute atomic E-state index is 0.252. The molecule has 2 atom stereocenters. The van der Waals surface area contributed by atoms with Crippen LogP contribution >= 0.6 is 0 Å². The van der Waals surface area contributed by atoms with Gasteiger partial charge in [0.1, 0.15) is 11.4 Å². The van der Waals surface area contributed by atoms with Crippen molar-refractivity contribution in [2.45, 2.75) is 23.9 Å². The molecule has 1 aromatic carbocycles. The molecule has 1 aromatic rings. The van der Waals surface area contributed by atoms with Gasteiger partial charge >= 0.3 is 0 Å². The highest BCUT2D eigenvalue weighted by Gasteiger charge is 2.57. The van der Waals surface area contributed by atoms with Crippen molar-refractivity contribution in [3.8, 4) is 5.75 Å². The van der Waals surface area contributed by atoms with Crippen LogP contribution in [0.1, 0.15) is 24.0 Å². The highest BCUT2D eigenvalue weighted by atomic mass is 16.3. The lowest BCUT2D eigenvalue weighted by atomic mass is 9.57. The molecule has 3 N–H and O–H groups in total. The molecule has 0 spiro atoms. The fourth-order valence-corrected chi connectivity index (χ4v) is 3.85. The third-order valence-corrected chi connectivity index (χ3v) is 4.81. The molecule has 4 heteroatoms. The molecule has 4 rings (SSSR count). The Kier molecular flexibility index (Phi) is 2.19. The highest BCUT2D eigenvalue weighted by molar-refractivity contribution is 5.75. The molecule has 1 aliphatic carbocycles. The quantitative estimate of drug-likeness (QED) is 0.671. The zero-order valence-electron chi connectivity index (χ0n) is 11.0. The van der Waals surface area contributed by atoms with Gasteiger partial charge in [0.2, 0.25) is 0 Å². The van der Waals surface area contributed by atoms with Crippen molar-refractivity contribution in [2.24, 2.45) is 4.99 Å². The summed E-state index contributed by atoms with van der Waals surface area (Å²) >= 11 is 0. The van der Waals surface area contributed by atoms with E-state index >= 15 is 0 Å². The Labute approximate surface area is 117 Å². The molecule has 1 saturated heterocycles. The van der Waals surface area contributed by atoms with E-state index in [2.05, 4.69) is 10.3 Å². The van der Waals surface area contributed by atoms with Gasteiger partial charge in [-0.3, -0.25) is 4.99 Å². The number of hydrogen-bond acceptors (Lipinski definition) is 4. The maximum atomic E-state index is 11.3. The van der Waals surface area contributed by atoms with E-state index in [1.807, 2.05) is 24.4 Å². The first-order valence-electron chi connectivity index (χ1n) is 6.88. The van der Waals surface area contributed by atoms with Crippen LogP contribution in [0.3, 0.4) is 0 Å². The monoisotopic (exact) mass is 268 g/mol. The average molecular weight is 268 g/mol. The van der Waals surface area contributed by atoms with E-state index in [9.17, 15) is 10.2 Å². The number of rotatable bonds is 0. The summed E-state index contributed by atoms with van der Waals surface area (Å²) in [6.45, 7) is 0.781. The van der Waals surface area contributed by atoms with E-state index < -0.39 is 11.0 Å². The lowest BCUT2D eigenvalue weighted by Gasteiger charge is -2.53. The average Bonchev–Trinajstić information content (AvgIpc) is 2.58. The minimum Gasteiger partial charge on any atom is -0.508 e. The zero-order valence-corrected chi connectivity index (χ0v) is 11.0. The van der Waals surface area contributed by atoms with E-state index in [0.717, 1.165) is 29.8 Å². The summed E-state index contributed by atoms with van der Waals surface area (Å²) in [7, 11) is 0. The molecular weight excluding hydrogens is 252 g/mol. The molecule has 1 fully saturated rings. The molecule has 20 heavy (non-hydrogen) atoms. The number of benzene rings is 1. The largest absolute Gasteiger partial charge is 0.508 e. The maximum Gasteiger partial charge on any atom is 0.134 e. The number of aromatic hydroxyl groups is 1. The van der Waals surface area contributed by atoms with Crippen molar-refractivity contribution >= 4 is 12.3 Å². The number of nitrogens with zero attached hydrogens (tertiary/aromatic N) is 1. The lowest BCUT2D eigenvalue weighted by molar-refractivity contribution is 0.0131. The fraction of sp³-hybridized carbons (Fsp3) is 0.312. The number of aliphatic imine (C=N–C) groups is 1. The van der Waals surface area contributed by atoms with Crippen molar-refractivity contribution in [3.05, 3.63) is 47.3 Å². The SMILES string of the molecule is Oc1cccc2c1C13CC=NC=CC1(O)C(=C2)NCC3. The van der Waals surface area contributed by atoms with Crippen molar-refractivity contribution in [1.82, 2.24) is 5.32 Å². The van der Waals surface area contributed by atoms with Crippen LogP contribution in [-0.2, 0) is 5.41 Å². The normalized spacial score (nSPS) is 33.5. The van der Waals surface area contributed by atoms with Crippen LogP contribution in [0.2, 0.25) is 0 Å². The Hall–Kier alpha value is -2.07. The summed E-state index contributed by atoms with van der Waals surface area (Å²) in [5.41, 5.74) is 0.933. The first kappa shape index (κ1) is 11.7. The Bertz CT molecular complexity index is 677. The van der Waals surface area contributed by atoms with Gasteiger partial charge < -0.3 is 15.5 Å². The molecular formula is C16H16N2O2. The van der Waals surface area contributed by atoms with Gasteiger partial charge in [0.25, 0.3) is 0 Å². The van der Waals surface area contributed by atoms with Crippen LogP contribution in [0.25, 0.3) is 6.08 Å². The van der Waals surface area contributed by atoms with Gasteiger partial charge in [-0.15, -0.1) is 0 Å². The zero-order chi connectivity index (χ0) is 13.8. The van der Waals surface area contributed by atoms with Crippen LogP contribution in [0, 0.1) is 0 Å². The number of phenols is 1. The summed E-state index contributed by atoms with van der Waals surface area (Å²) in [6.07, 6.45) is 8.51. The Morgan fingerprint density at radius 1 is 1.30 bits per heavy atom. The molecule has 2 heterocycles. The molecule has 2 bridgehead atoms. The van der Waals surface area contributed by atoms with Crippen molar-refractivity contribution in [2.75, 3.05) is 6.54 Å². The van der Waals surface area contributed by atoms with E-state index in [0.29, 0.717) is 6.42 Å². The molecule has 0 amide bonds. The summed E-state index contributed by atoms with van der Waals surface area (Å²) in [4.78, 5) is 4.20. The van der Waals surface area contributed by atoms with Crippen LogP contribution < -0.4 is 5.32 Å². The molecule has 102 valence electrons. The van der Waals surface area contributed by atoms with Crippen LogP contribution in [0.15, 0.2) is 41.2 Å². The van der Waals surface area contributed by atoms with Gasteiger partial charge in [-0.1, -0.05) is 12.1 Å². The summed E-state index contributed by atoms with van der Waals surface area (Å²) in [6, 6.07) is 5.51. The minimum atomic E-state index is -1.13. The van der Waals surface area contributed by atoms with Gasteiger partial charge in [0.05, 0.1) is 0 Å².